The van der Waals surface area contributed by atoms with E-state index >= 15 is 0 Å². The highest BCUT2D eigenvalue weighted by Gasteiger charge is 2.33. The predicted molar refractivity (Wildman–Crippen MR) is 120 cm³/mol. The fraction of sp³-hybridized carbons (Fsp3) is 0.250. The minimum atomic E-state index is -0.273. The number of carbonyl (C=O) groups is 1. The first kappa shape index (κ1) is 20.5. The molecule has 0 bridgehead atoms. The van der Waals surface area contributed by atoms with Crippen molar-refractivity contribution >= 4 is 28.3 Å². The topological polar surface area (TPSA) is 81.2 Å². The van der Waals surface area contributed by atoms with E-state index in [1.54, 1.807) is 29.4 Å². The number of rotatable bonds is 5. The Labute approximate surface area is 189 Å². The zero-order valence-electron chi connectivity index (χ0n) is 17.3. The minimum absolute atomic E-state index is 0.118. The van der Waals surface area contributed by atoms with Gasteiger partial charge in [0.1, 0.15) is 18.3 Å². The molecule has 1 aliphatic rings. The summed E-state index contributed by atoms with van der Waals surface area (Å²) in [4.78, 5) is 32.0. The van der Waals surface area contributed by atoms with Crippen molar-refractivity contribution in [2.45, 2.75) is 31.8 Å². The molecule has 3 heterocycles. The van der Waals surface area contributed by atoms with Gasteiger partial charge < -0.3 is 9.32 Å². The quantitative estimate of drug-likeness (QED) is 0.461. The standard InChI is InChI=1S/C24H21ClN4O3/c25-20-9-4-2-6-16(20)12-18-14-26-23(32-18)21-10-5-11-28(21)22(30)15-29-24(31)19-8-3-1-7-17(19)13-27-29/h1-4,6-9,13-14,21H,5,10-12,15H2/t21-/m1/s1. The fourth-order valence-corrected chi connectivity index (χ4v) is 4.37. The average molecular weight is 449 g/mol. The van der Waals surface area contributed by atoms with Crippen LogP contribution < -0.4 is 5.56 Å². The van der Waals surface area contributed by atoms with Crippen LogP contribution in [0.15, 0.2) is 70.1 Å². The minimum Gasteiger partial charge on any atom is -0.443 e. The summed E-state index contributed by atoms with van der Waals surface area (Å²) in [5, 5.41) is 6.16. The molecule has 1 amide bonds. The summed E-state index contributed by atoms with van der Waals surface area (Å²) < 4.78 is 7.21. The van der Waals surface area contributed by atoms with Crippen molar-refractivity contribution < 1.29 is 9.21 Å². The number of amides is 1. The normalized spacial score (nSPS) is 16.0. The average Bonchev–Trinajstić information content (AvgIpc) is 3.47. The molecule has 1 atom stereocenters. The Kier molecular flexibility index (Phi) is 5.49. The van der Waals surface area contributed by atoms with E-state index in [1.807, 2.05) is 36.4 Å². The summed E-state index contributed by atoms with van der Waals surface area (Å²) in [7, 11) is 0. The van der Waals surface area contributed by atoms with Gasteiger partial charge in [0.25, 0.3) is 5.56 Å². The molecule has 0 unspecified atom stereocenters. The Morgan fingerprint density at radius 3 is 2.81 bits per heavy atom. The summed E-state index contributed by atoms with van der Waals surface area (Å²) in [6.07, 6.45) is 5.44. The second-order valence-electron chi connectivity index (χ2n) is 7.87. The van der Waals surface area contributed by atoms with Crippen LogP contribution >= 0.6 is 11.6 Å². The highest BCUT2D eigenvalue weighted by molar-refractivity contribution is 6.31. The first-order chi connectivity index (χ1) is 15.6. The van der Waals surface area contributed by atoms with Gasteiger partial charge in [-0.05, 0) is 30.5 Å². The van der Waals surface area contributed by atoms with Crippen LogP contribution in [0.25, 0.3) is 10.8 Å². The number of likely N-dealkylation sites (tertiary alicyclic amines) is 1. The lowest BCUT2D eigenvalue weighted by atomic mass is 10.1. The molecule has 8 heteroatoms. The first-order valence-corrected chi connectivity index (χ1v) is 10.9. The number of oxazole rings is 1. The molecular formula is C24H21ClN4O3. The summed E-state index contributed by atoms with van der Waals surface area (Å²) in [6.45, 7) is 0.474. The molecular weight excluding hydrogens is 428 g/mol. The molecule has 7 nitrogen and oxygen atoms in total. The number of hydrogen-bond donors (Lipinski definition) is 0. The maximum atomic E-state index is 13.1. The van der Waals surface area contributed by atoms with Gasteiger partial charge in [0.05, 0.1) is 17.8 Å². The number of nitrogens with zero attached hydrogens (tertiary/aromatic N) is 4. The number of halogens is 1. The van der Waals surface area contributed by atoms with Crippen LogP contribution in [0.1, 0.15) is 36.1 Å². The van der Waals surface area contributed by atoms with Gasteiger partial charge in [0, 0.05) is 23.4 Å². The molecule has 162 valence electrons. The van der Waals surface area contributed by atoms with Gasteiger partial charge in [-0.15, -0.1) is 0 Å². The largest absolute Gasteiger partial charge is 0.443 e. The van der Waals surface area contributed by atoms with Crippen molar-refractivity contribution in [3.05, 3.63) is 93.5 Å². The molecule has 1 aliphatic heterocycles. The number of hydrogen-bond acceptors (Lipinski definition) is 5. The highest BCUT2D eigenvalue weighted by atomic mass is 35.5. The third kappa shape index (κ3) is 3.91. The Morgan fingerprint density at radius 2 is 1.94 bits per heavy atom. The van der Waals surface area contributed by atoms with Gasteiger partial charge >= 0.3 is 0 Å². The number of benzene rings is 2. The zero-order chi connectivity index (χ0) is 22.1. The lowest BCUT2D eigenvalue weighted by molar-refractivity contribution is -0.133. The monoisotopic (exact) mass is 448 g/mol. The van der Waals surface area contributed by atoms with Gasteiger partial charge in [-0.2, -0.15) is 5.10 Å². The number of aromatic nitrogens is 3. The van der Waals surface area contributed by atoms with Gasteiger partial charge in [-0.3, -0.25) is 9.59 Å². The SMILES string of the molecule is O=C(Cn1ncc2ccccc2c1=O)N1CCC[C@@H]1c1ncc(Cc2ccccc2Cl)o1. The molecule has 1 fully saturated rings. The van der Waals surface area contributed by atoms with Gasteiger partial charge in [0.2, 0.25) is 11.8 Å². The van der Waals surface area contributed by atoms with Crippen molar-refractivity contribution in [3.8, 4) is 0 Å². The maximum Gasteiger partial charge on any atom is 0.275 e. The van der Waals surface area contributed by atoms with Crippen molar-refractivity contribution in [2.75, 3.05) is 6.54 Å². The molecule has 0 spiro atoms. The lowest BCUT2D eigenvalue weighted by Gasteiger charge is -2.22. The summed E-state index contributed by atoms with van der Waals surface area (Å²) in [6, 6.07) is 14.6. The molecule has 32 heavy (non-hydrogen) atoms. The molecule has 5 rings (SSSR count). The predicted octanol–water partition coefficient (Wildman–Crippen LogP) is 3.99. The lowest BCUT2D eigenvalue weighted by Crippen LogP contribution is -2.37. The highest BCUT2D eigenvalue weighted by Crippen LogP contribution is 2.32. The second kappa shape index (κ2) is 8.59. The van der Waals surface area contributed by atoms with Crippen LogP contribution in [0.4, 0.5) is 0 Å². The molecule has 0 aliphatic carbocycles. The van der Waals surface area contributed by atoms with E-state index in [0.717, 1.165) is 23.8 Å². The molecule has 0 saturated carbocycles. The second-order valence-corrected chi connectivity index (χ2v) is 8.28. The Morgan fingerprint density at radius 1 is 1.12 bits per heavy atom. The summed E-state index contributed by atoms with van der Waals surface area (Å²) >= 11 is 6.25. The van der Waals surface area contributed by atoms with Crippen molar-refractivity contribution in [1.82, 2.24) is 19.7 Å². The van der Waals surface area contributed by atoms with Crippen LogP contribution in [0, 0.1) is 0 Å². The van der Waals surface area contributed by atoms with E-state index in [4.69, 9.17) is 16.0 Å². The molecule has 2 aromatic heterocycles. The molecule has 0 N–H and O–H groups in total. The third-order valence-electron chi connectivity index (χ3n) is 5.80. The van der Waals surface area contributed by atoms with Gasteiger partial charge in [0.15, 0.2) is 0 Å². The van der Waals surface area contributed by atoms with Gasteiger partial charge in [-0.1, -0.05) is 48.0 Å². The van der Waals surface area contributed by atoms with Crippen LogP contribution in [0.5, 0.6) is 0 Å². The molecule has 4 aromatic rings. The van der Waals surface area contributed by atoms with Crippen LogP contribution in [0.2, 0.25) is 5.02 Å². The zero-order valence-corrected chi connectivity index (χ0v) is 18.0. The molecule has 1 saturated heterocycles. The van der Waals surface area contributed by atoms with E-state index in [1.165, 1.54) is 4.68 Å². The van der Waals surface area contributed by atoms with E-state index in [2.05, 4.69) is 10.1 Å². The number of fused-ring (bicyclic) bond motifs is 1. The van der Waals surface area contributed by atoms with E-state index in [0.29, 0.717) is 35.0 Å². The summed E-state index contributed by atoms with van der Waals surface area (Å²) in [5.74, 6) is 1.03. The van der Waals surface area contributed by atoms with Crippen molar-refractivity contribution in [2.24, 2.45) is 0 Å². The Balaban J connectivity index is 1.33. The van der Waals surface area contributed by atoms with E-state index < -0.39 is 0 Å². The Bertz CT molecular complexity index is 1350. The molecule has 0 radical (unpaired) electrons. The van der Waals surface area contributed by atoms with Gasteiger partial charge in [-0.25, -0.2) is 9.67 Å². The van der Waals surface area contributed by atoms with Crippen LogP contribution in [0.3, 0.4) is 0 Å². The van der Waals surface area contributed by atoms with Crippen LogP contribution in [-0.2, 0) is 17.8 Å². The van der Waals surface area contributed by atoms with Crippen molar-refractivity contribution in [3.63, 3.8) is 0 Å². The smallest absolute Gasteiger partial charge is 0.275 e. The maximum absolute atomic E-state index is 13.1. The van der Waals surface area contributed by atoms with Crippen molar-refractivity contribution in [1.29, 1.82) is 0 Å². The third-order valence-corrected chi connectivity index (χ3v) is 6.17. The molecule has 2 aromatic carbocycles. The Hall–Kier alpha value is -3.45. The summed E-state index contributed by atoms with van der Waals surface area (Å²) in [5.41, 5.74) is 0.684. The van der Waals surface area contributed by atoms with E-state index in [-0.39, 0.29) is 24.1 Å². The number of carbonyl (C=O) groups excluding carboxylic acids is 1. The fourth-order valence-electron chi connectivity index (χ4n) is 4.17. The van der Waals surface area contributed by atoms with E-state index in [9.17, 15) is 9.59 Å². The first-order valence-electron chi connectivity index (χ1n) is 10.5. The van der Waals surface area contributed by atoms with Crippen LogP contribution in [-0.4, -0.2) is 32.1 Å².